The van der Waals surface area contributed by atoms with Crippen LogP contribution in [0.3, 0.4) is 0 Å². The van der Waals surface area contributed by atoms with E-state index in [1.54, 1.807) is 34.9 Å². The lowest BCUT2D eigenvalue weighted by atomic mass is 10.1. The summed E-state index contributed by atoms with van der Waals surface area (Å²) in [5, 5.41) is 0. The molecule has 0 aliphatic carbocycles. The summed E-state index contributed by atoms with van der Waals surface area (Å²) >= 11 is 0. The van der Waals surface area contributed by atoms with Crippen LogP contribution >= 0.6 is 0 Å². The van der Waals surface area contributed by atoms with E-state index >= 15 is 0 Å². The number of nitrogens with zero attached hydrogens (tertiary/aromatic N) is 2. The third-order valence-electron chi connectivity index (χ3n) is 4.78. The fourth-order valence-corrected chi connectivity index (χ4v) is 3.20. The number of amides is 2. The number of hydrogen-bond acceptors (Lipinski definition) is 5. The lowest BCUT2D eigenvalue weighted by Gasteiger charge is -2.34. The van der Waals surface area contributed by atoms with Crippen molar-refractivity contribution in [2.75, 3.05) is 33.0 Å². The van der Waals surface area contributed by atoms with Crippen LogP contribution in [0.5, 0.6) is 11.5 Å². The van der Waals surface area contributed by atoms with Gasteiger partial charge in [0.25, 0.3) is 5.91 Å². The Morgan fingerprint density at radius 2 is 1.74 bits per heavy atom. The maximum absolute atomic E-state index is 12.5. The lowest BCUT2D eigenvalue weighted by Crippen LogP contribution is -2.50. The van der Waals surface area contributed by atoms with Gasteiger partial charge >= 0.3 is 0 Å². The van der Waals surface area contributed by atoms with Gasteiger partial charge in [0, 0.05) is 32.3 Å². The van der Waals surface area contributed by atoms with Gasteiger partial charge in [0.2, 0.25) is 12.7 Å². The molecule has 7 heteroatoms. The molecule has 0 spiro atoms. The van der Waals surface area contributed by atoms with Crippen LogP contribution in [0.25, 0.3) is 6.08 Å². The summed E-state index contributed by atoms with van der Waals surface area (Å²) in [7, 11) is 0. The Labute approximate surface area is 156 Å². The van der Waals surface area contributed by atoms with Gasteiger partial charge < -0.3 is 23.7 Å². The Balaban J connectivity index is 1.33. The van der Waals surface area contributed by atoms with E-state index in [0.717, 1.165) is 5.56 Å². The molecule has 0 atom stereocenters. The first kappa shape index (κ1) is 17.2. The first-order valence-electron chi connectivity index (χ1n) is 8.82. The highest BCUT2D eigenvalue weighted by atomic mass is 16.7. The average Bonchev–Trinajstić information content (AvgIpc) is 3.33. The van der Waals surface area contributed by atoms with Gasteiger partial charge in [-0.15, -0.1) is 0 Å². The zero-order valence-electron chi connectivity index (χ0n) is 15.0. The fraction of sp³-hybridized carbons (Fsp3) is 0.300. The van der Waals surface area contributed by atoms with Crippen LogP contribution < -0.4 is 9.47 Å². The van der Waals surface area contributed by atoms with Gasteiger partial charge in [-0.3, -0.25) is 9.59 Å². The molecule has 1 aromatic heterocycles. The summed E-state index contributed by atoms with van der Waals surface area (Å²) in [6.45, 7) is 4.02. The van der Waals surface area contributed by atoms with Crippen LogP contribution in [0.2, 0.25) is 0 Å². The molecule has 0 radical (unpaired) electrons. The molecule has 2 aromatic rings. The van der Waals surface area contributed by atoms with Crippen LogP contribution in [-0.4, -0.2) is 54.6 Å². The number of fused-ring (bicyclic) bond motifs is 1. The van der Waals surface area contributed by atoms with Gasteiger partial charge in [-0.2, -0.15) is 0 Å². The molecule has 3 heterocycles. The first-order valence-corrected chi connectivity index (χ1v) is 8.82. The highest BCUT2D eigenvalue weighted by Crippen LogP contribution is 2.32. The SMILES string of the molecule is Cc1occc1C(=O)N1CCN(C(=O)/C=C/c2ccc3c(c2)OCO3)CC1. The smallest absolute Gasteiger partial charge is 0.257 e. The van der Waals surface area contributed by atoms with Crippen LogP contribution in [0, 0.1) is 6.92 Å². The first-order chi connectivity index (χ1) is 13.1. The Morgan fingerprint density at radius 1 is 1.00 bits per heavy atom. The molecule has 2 amide bonds. The summed E-state index contributed by atoms with van der Waals surface area (Å²) < 4.78 is 15.8. The van der Waals surface area contributed by atoms with Crippen molar-refractivity contribution < 1.29 is 23.5 Å². The van der Waals surface area contributed by atoms with Crippen molar-refractivity contribution in [1.29, 1.82) is 0 Å². The normalized spacial score (nSPS) is 16.2. The Morgan fingerprint density at radius 3 is 2.48 bits per heavy atom. The molecule has 1 fully saturated rings. The number of aryl methyl sites for hydroxylation is 1. The number of carbonyl (C=O) groups is 2. The van der Waals surface area contributed by atoms with Crippen molar-refractivity contribution in [3.8, 4) is 11.5 Å². The minimum absolute atomic E-state index is 0.0516. The number of benzene rings is 1. The number of furan rings is 1. The molecule has 0 unspecified atom stereocenters. The maximum Gasteiger partial charge on any atom is 0.257 e. The summed E-state index contributed by atoms with van der Waals surface area (Å²) in [6.07, 6.45) is 4.83. The van der Waals surface area contributed by atoms with Gasteiger partial charge in [0.05, 0.1) is 11.8 Å². The second kappa shape index (κ2) is 7.19. The van der Waals surface area contributed by atoms with Crippen molar-refractivity contribution >= 4 is 17.9 Å². The van der Waals surface area contributed by atoms with E-state index in [4.69, 9.17) is 13.9 Å². The summed E-state index contributed by atoms with van der Waals surface area (Å²) in [4.78, 5) is 28.4. The average molecular weight is 368 g/mol. The third kappa shape index (κ3) is 3.53. The van der Waals surface area contributed by atoms with Gasteiger partial charge in [-0.1, -0.05) is 6.07 Å². The van der Waals surface area contributed by atoms with Gasteiger partial charge in [-0.05, 0) is 36.8 Å². The Hall–Kier alpha value is -3.22. The number of carbonyl (C=O) groups excluding carboxylic acids is 2. The zero-order valence-corrected chi connectivity index (χ0v) is 15.0. The molecule has 1 saturated heterocycles. The molecule has 27 heavy (non-hydrogen) atoms. The lowest BCUT2D eigenvalue weighted by molar-refractivity contribution is -0.127. The molecule has 0 saturated carbocycles. The van der Waals surface area contributed by atoms with Crippen molar-refractivity contribution in [3.63, 3.8) is 0 Å². The molecule has 140 valence electrons. The van der Waals surface area contributed by atoms with Crippen LogP contribution in [0.1, 0.15) is 21.7 Å². The minimum atomic E-state index is -0.0701. The second-order valence-electron chi connectivity index (χ2n) is 6.45. The Kier molecular flexibility index (Phi) is 4.58. The molecule has 2 aliphatic rings. The predicted octanol–water partition coefficient (Wildman–Crippen LogP) is 2.31. The second-order valence-corrected chi connectivity index (χ2v) is 6.45. The summed E-state index contributed by atoms with van der Waals surface area (Å²) in [5.74, 6) is 1.90. The van der Waals surface area contributed by atoms with E-state index < -0.39 is 0 Å². The van der Waals surface area contributed by atoms with E-state index in [1.807, 2.05) is 18.2 Å². The predicted molar refractivity (Wildman–Crippen MR) is 97.5 cm³/mol. The summed E-state index contributed by atoms with van der Waals surface area (Å²) in [6, 6.07) is 7.23. The quantitative estimate of drug-likeness (QED) is 0.778. The number of hydrogen-bond donors (Lipinski definition) is 0. The summed E-state index contributed by atoms with van der Waals surface area (Å²) in [5.41, 5.74) is 1.45. The van der Waals surface area contributed by atoms with Crippen LogP contribution in [-0.2, 0) is 4.79 Å². The molecular formula is C20H20N2O5. The van der Waals surface area contributed by atoms with E-state index in [1.165, 1.54) is 6.26 Å². The maximum atomic E-state index is 12.5. The molecule has 4 rings (SSSR count). The molecule has 0 N–H and O–H groups in total. The molecule has 1 aromatic carbocycles. The molecule has 2 aliphatic heterocycles. The molecule has 0 bridgehead atoms. The van der Waals surface area contributed by atoms with Gasteiger partial charge in [0.15, 0.2) is 11.5 Å². The highest BCUT2D eigenvalue weighted by molar-refractivity contribution is 5.95. The van der Waals surface area contributed by atoms with Crippen LogP contribution in [0.4, 0.5) is 0 Å². The largest absolute Gasteiger partial charge is 0.469 e. The van der Waals surface area contributed by atoms with Crippen LogP contribution in [0.15, 0.2) is 41.0 Å². The van der Waals surface area contributed by atoms with Crippen molar-refractivity contribution in [1.82, 2.24) is 9.80 Å². The monoisotopic (exact) mass is 368 g/mol. The van der Waals surface area contributed by atoms with E-state index in [9.17, 15) is 9.59 Å². The molecular weight excluding hydrogens is 348 g/mol. The van der Waals surface area contributed by atoms with E-state index in [-0.39, 0.29) is 18.6 Å². The van der Waals surface area contributed by atoms with Crippen molar-refractivity contribution in [2.45, 2.75) is 6.92 Å². The van der Waals surface area contributed by atoms with Crippen molar-refractivity contribution in [3.05, 3.63) is 53.5 Å². The number of ether oxygens (including phenoxy) is 2. The Bertz CT molecular complexity index is 894. The zero-order chi connectivity index (χ0) is 18.8. The number of rotatable bonds is 3. The van der Waals surface area contributed by atoms with Gasteiger partial charge in [-0.25, -0.2) is 0 Å². The van der Waals surface area contributed by atoms with Gasteiger partial charge in [0.1, 0.15) is 5.76 Å². The highest BCUT2D eigenvalue weighted by Gasteiger charge is 2.25. The fourth-order valence-electron chi connectivity index (χ4n) is 3.20. The number of piperazine rings is 1. The van der Waals surface area contributed by atoms with E-state index in [2.05, 4.69) is 0 Å². The third-order valence-corrected chi connectivity index (χ3v) is 4.78. The minimum Gasteiger partial charge on any atom is -0.469 e. The van der Waals surface area contributed by atoms with E-state index in [0.29, 0.717) is 49.0 Å². The topological polar surface area (TPSA) is 72.2 Å². The van der Waals surface area contributed by atoms with Crippen molar-refractivity contribution in [2.24, 2.45) is 0 Å². The standard InChI is InChI=1S/C20H20N2O5/c1-14-16(6-11-25-14)20(24)22-9-7-21(8-10-22)19(23)5-3-15-2-4-17-18(12-15)27-13-26-17/h2-6,11-12H,7-10,13H2,1H3/b5-3+. The molecule has 7 nitrogen and oxygen atoms in total.